The number of para-hydroxylation sites is 1. The zero-order chi connectivity index (χ0) is 15.9. The van der Waals surface area contributed by atoms with Crippen molar-refractivity contribution in [3.8, 4) is 10.4 Å². The molecule has 1 aromatic heterocycles. The average Bonchev–Trinajstić information content (AvgIpc) is 2.96. The molecule has 2 N–H and O–H groups in total. The Hall–Kier alpha value is -1.76. The van der Waals surface area contributed by atoms with Crippen molar-refractivity contribution in [3.63, 3.8) is 0 Å². The van der Waals surface area contributed by atoms with Gasteiger partial charge in [0.25, 0.3) is 5.69 Å². The second-order valence-electron chi connectivity index (χ2n) is 5.29. The SMILES string of the molecule is CC(CCO)CNCc1ccc(-c2ccccc2[N+](=O)[O-])s1. The van der Waals surface area contributed by atoms with Crippen LogP contribution in [0.3, 0.4) is 0 Å². The number of nitrogens with one attached hydrogen (secondary N) is 1. The molecular formula is C16H20N2O3S. The van der Waals surface area contributed by atoms with Crippen LogP contribution in [-0.4, -0.2) is 23.2 Å². The van der Waals surface area contributed by atoms with Crippen molar-refractivity contribution >= 4 is 17.0 Å². The number of nitro benzene ring substituents is 1. The van der Waals surface area contributed by atoms with Crippen LogP contribution in [0.4, 0.5) is 5.69 Å². The number of hydrogen-bond acceptors (Lipinski definition) is 5. The molecule has 0 bridgehead atoms. The molecule has 0 fully saturated rings. The summed E-state index contributed by atoms with van der Waals surface area (Å²) in [4.78, 5) is 12.8. The fraction of sp³-hybridized carbons (Fsp3) is 0.375. The molecule has 22 heavy (non-hydrogen) atoms. The van der Waals surface area contributed by atoms with Crippen molar-refractivity contribution in [1.82, 2.24) is 5.32 Å². The predicted molar refractivity (Wildman–Crippen MR) is 89.0 cm³/mol. The lowest BCUT2D eigenvalue weighted by molar-refractivity contribution is -0.384. The van der Waals surface area contributed by atoms with Gasteiger partial charge in [-0.3, -0.25) is 10.1 Å². The van der Waals surface area contributed by atoms with E-state index in [4.69, 9.17) is 5.11 Å². The maximum absolute atomic E-state index is 11.1. The number of hydrogen-bond donors (Lipinski definition) is 2. The van der Waals surface area contributed by atoms with E-state index in [9.17, 15) is 10.1 Å². The van der Waals surface area contributed by atoms with Gasteiger partial charge in [-0.15, -0.1) is 11.3 Å². The van der Waals surface area contributed by atoms with Crippen molar-refractivity contribution in [2.45, 2.75) is 19.9 Å². The Kier molecular flexibility index (Phi) is 6.06. The van der Waals surface area contributed by atoms with Crippen molar-refractivity contribution in [3.05, 3.63) is 51.4 Å². The van der Waals surface area contributed by atoms with Crippen molar-refractivity contribution < 1.29 is 10.0 Å². The van der Waals surface area contributed by atoms with E-state index < -0.39 is 0 Å². The highest BCUT2D eigenvalue weighted by molar-refractivity contribution is 7.15. The summed E-state index contributed by atoms with van der Waals surface area (Å²) >= 11 is 1.57. The predicted octanol–water partition coefficient (Wildman–Crippen LogP) is 3.43. The van der Waals surface area contributed by atoms with Crippen LogP contribution >= 0.6 is 11.3 Å². The molecule has 2 aromatic rings. The van der Waals surface area contributed by atoms with Crippen LogP contribution in [0.25, 0.3) is 10.4 Å². The number of rotatable bonds is 8. The van der Waals surface area contributed by atoms with Gasteiger partial charge in [-0.25, -0.2) is 0 Å². The van der Waals surface area contributed by atoms with Crippen LogP contribution in [0.1, 0.15) is 18.2 Å². The molecule has 0 radical (unpaired) electrons. The molecule has 1 aromatic carbocycles. The summed E-state index contributed by atoms with van der Waals surface area (Å²) < 4.78 is 0. The molecule has 6 heteroatoms. The quantitative estimate of drug-likeness (QED) is 0.577. The minimum atomic E-state index is -0.344. The van der Waals surface area contributed by atoms with Crippen LogP contribution in [0.2, 0.25) is 0 Å². The minimum Gasteiger partial charge on any atom is -0.396 e. The van der Waals surface area contributed by atoms with Gasteiger partial charge in [-0.1, -0.05) is 19.1 Å². The Bertz CT molecular complexity index is 627. The summed E-state index contributed by atoms with van der Waals surface area (Å²) in [7, 11) is 0. The van der Waals surface area contributed by atoms with Crippen LogP contribution in [0.5, 0.6) is 0 Å². The normalized spacial score (nSPS) is 12.3. The van der Waals surface area contributed by atoms with Crippen LogP contribution < -0.4 is 5.32 Å². The first kappa shape index (κ1) is 16.6. The van der Waals surface area contributed by atoms with Gasteiger partial charge >= 0.3 is 0 Å². The Morgan fingerprint density at radius 1 is 1.32 bits per heavy atom. The maximum Gasteiger partial charge on any atom is 0.278 e. The number of aliphatic hydroxyl groups excluding tert-OH is 1. The van der Waals surface area contributed by atoms with E-state index in [1.807, 2.05) is 18.2 Å². The molecule has 0 aliphatic rings. The molecule has 2 rings (SSSR count). The van der Waals surface area contributed by atoms with E-state index in [-0.39, 0.29) is 17.2 Å². The first-order valence-corrected chi connectivity index (χ1v) is 8.07. The summed E-state index contributed by atoms with van der Waals surface area (Å²) in [5, 5.41) is 23.3. The monoisotopic (exact) mass is 320 g/mol. The minimum absolute atomic E-state index is 0.139. The second kappa shape index (κ2) is 8.03. The Labute approximate surface area is 133 Å². The summed E-state index contributed by atoms with van der Waals surface area (Å²) in [5.74, 6) is 0.430. The van der Waals surface area contributed by atoms with E-state index in [0.29, 0.717) is 11.5 Å². The molecule has 118 valence electrons. The standard InChI is InChI=1S/C16H20N2O3S/c1-12(8-9-19)10-17-11-13-6-7-16(22-13)14-4-2-3-5-15(14)18(20)21/h2-7,12,17,19H,8-11H2,1H3. The molecule has 5 nitrogen and oxygen atoms in total. The first-order chi connectivity index (χ1) is 10.6. The first-order valence-electron chi connectivity index (χ1n) is 7.26. The number of aliphatic hydroxyl groups is 1. The average molecular weight is 320 g/mol. The van der Waals surface area contributed by atoms with Crippen molar-refractivity contribution in [2.75, 3.05) is 13.2 Å². The third-order valence-electron chi connectivity index (χ3n) is 3.44. The van der Waals surface area contributed by atoms with Crippen LogP contribution in [0.15, 0.2) is 36.4 Å². The third kappa shape index (κ3) is 4.37. The van der Waals surface area contributed by atoms with Gasteiger partial charge in [0.1, 0.15) is 0 Å². The van der Waals surface area contributed by atoms with Gasteiger partial charge in [-0.2, -0.15) is 0 Å². The van der Waals surface area contributed by atoms with E-state index >= 15 is 0 Å². The smallest absolute Gasteiger partial charge is 0.278 e. The highest BCUT2D eigenvalue weighted by atomic mass is 32.1. The Morgan fingerprint density at radius 2 is 2.09 bits per heavy atom. The van der Waals surface area contributed by atoms with E-state index in [1.54, 1.807) is 23.5 Å². The number of benzene rings is 1. The summed E-state index contributed by atoms with van der Waals surface area (Å²) in [6.45, 7) is 3.89. The molecule has 1 atom stereocenters. The summed E-state index contributed by atoms with van der Waals surface area (Å²) in [6.07, 6.45) is 0.791. The molecule has 0 spiro atoms. The second-order valence-corrected chi connectivity index (χ2v) is 6.46. The maximum atomic E-state index is 11.1. The van der Waals surface area contributed by atoms with Crippen LogP contribution in [0, 0.1) is 16.0 Å². The van der Waals surface area contributed by atoms with E-state index in [0.717, 1.165) is 29.3 Å². The molecule has 0 amide bonds. The van der Waals surface area contributed by atoms with Gasteiger partial charge in [-0.05, 0) is 37.1 Å². The lowest BCUT2D eigenvalue weighted by atomic mass is 10.1. The molecule has 1 heterocycles. The number of nitrogens with zero attached hydrogens (tertiary/aromatic N) is 1. The van der Waals surface area contributed by atoms with Crippen molar-refractivity contribution in [1.29, 1.82) is 0 Å². The topological polar surface area (TPSA) is 75.4 Å². The van der Waals surface area contributed by atoms with Crippen molar-refractivity contribution in [2.24, 2.45) is 5.92 Å². The zero-order valence-corrected chi connectivity index (χ0v) is 13.3. The van der Waals surface area contributed by atoms with E-state index in [1.165, 1.54) is 6.07 Å². The van der Waals surface area contributed by atoms with Gasteiger partial charge < -0.3 is 10.4 Å². The van der Waals surface area contributed by atoms with Crippen LogP contribution in [-0.2, 0) is 6.54 Å². The van der Waals surface area contributed by atoms with E-state index in [2.05, 4.69) is 12.2 Å². The molecule has 0 saturated heterocycles. The highest BCUT2D eigenvalue weighted by Gasteiger charge is 2.15. The lowest BCUT2D eigenvalue weighted by Gasteiger charge is -2.09. The molecule has 0 aliphatic heterocycles. The van der Waals surface area contributed by atoms with Gasteiger partial charge in [0.15, 0.2) is 0 Å². The Morgan fingerprint density at radius 3 is 2.82 bits per heavy atom. The fourth-order valence-corrected chi connectivity index (χ4v) is 3.23. The lowest BCUT2D eigenvalue weighted by Crippen LogP contribution is -2.20. The Balaban J connectivity index is 2.01. The highest BCUT2D eigenvalue weighted by Crippen LogP contribution is 2.34. The molecule has 1 unspecified atom stereocenters. The number of thiophene rings is 1. The molecule has 0 saturated carbocycles. The zero-order valence-electron chi connectivity index (χ0n) is 12.5. The largest absolute Gasteiger partial charge is 0.396 e. The third-order valence-corrected chi connectivity index (χ3v) is 4.56. The van der Waals surface area contributed by atoms with Gasteiger partial charge in [0.2, 0.25) is 0 Å². The molecular weight excluding hydrogens is 300 g/mol. The van der Waals surface area contributed by atoms with Gasteiger partial charge in [0, 0.05) is 29.0 Å². The number of nitro groups is 1. The summed E-state index contributed by atoms with van der Waals surface area (Å²) in [6, 6.07) is 10.7. The summed E-state index contributed by atoms with van der Waals surface area (Å²) in [5.41, 5.74) is 0.804. The fourth-order valence-electron chi connectivity index (χ4n) is 2.22. The molecule has 0 aliphatic carbocycles. The van der Waals surface area contributed by atoms with Gasteiger partial charge in [0.05, 0.1) is 10.5 Å².